The lowest BCUT2D eigenvalue weighted by Crippen LogP contribution is -2.17. The van der Waals surface area contributed by atoms with Crippen LogP contribution in [0.4, 0.5) is 5.69 Å². The molecule has 0 saturated heterocycles. The molecule has 0 aliphatic carbocycles. The van der Waals surface area contributed by atoms with Crippen molar-refractivity contribution in [2.75, 3.05) is 0 Å². The van der Waals surface area contributed by atoms with Gasteiger partial charge in [-0.3, -0.25) is 14.9 Å². The second-order valence-corrected chi connectivity index (χ2v) is 7.73. The van der Waals surface area contributed by atoms with E-state index in [1.165, 1.54) is 24.3 Å². The first-order chi connectivity index (χ1) is 16.3. The number of rotatable bonds is 6. The molecule has 0 spiro atoms. The maximum atomic E-state index is 12.2. The number of aryl methyl sites for hydroxylation is 1. The van der Waals surface area contributed by atoms with Gasteiger partial charge in [0.25, 0.3) is 11.6 Å². The molecular formula is C26H22N4O4. The number of para-hydroxylation sites is 1. The van der Waals surface area contributed by atoms with Crippen LogP contribution in [0.1, 0.15) is 27.3 Å². The van der Waals surface area contributed by atoms with Gasteiger partial charge in [-0.2, -0.15) is 5.10 Å². The summed E-state index contributed by atoms with van der Waals surface area (Å²) in [5.41, 5.74) is 8.24. The molecule has 0 aliphatic heterocycles. The Hall–Kier alpha value is -4.72. The predicted octanol–water partition coefficient (Wildman–Crippen LogP) is 5.14. The Kier molecular flexibility index (Phi) is 6.22. The van der Waals surface area contributed by atoms with Gasteiger partial charge in [0, 0.05) is 34.8 Å². The number of aromatic nitrogens is 1. The molecule has 0 fully saturated rings. The molecule has 0 radical (unpaired) electrons. The average molecular weight is 454 g/mol. The Bertz CT molecular complexity index is 1390. The summed E-state index contributed by atoms with van der Waals surface area (Å²) in [6, 6.07) is 22.6. The van der Waals surface area contributed by atoms with Gasteiger partial charge in [-0.1, -0.05) is 24.3 Å². The van der Waals surface area contributed by atoms with E-state index in [9.17, 15) is 20.0 Å². The number of hydrogen-bond acceptors (Lipinski definition) is 5. The van der Waals surface area contributed by atoms with Crippen LogP contribution in [0.5, 0.6) is 5.75 Å². The number of phenols is 1. The van der Waals surface area contributed by atoms with Crippen molar-refractivity contribution in [3.8, 4) is 22.6 Å². The third-order valence-corrected chi connectivity index (χ3v) is 5.53. The smallest absolute Gasteiger partial charge is 0.275 e. The maximum Gasteiger partial charge on any atom is 0.275 e. The number of carbonyl (C=O) groups is 1. The number of benzene rings is 3. The monoisotopic (exact) mass is 454 g/mol. The molecule has 1 heterocycles. The van der Waals surface area contributed by atoms with Crippen molar-refractivity contribution in [1.82, 2.24) is 9.99 Å². The summed E-state index contributed by atoms with van der Waals surface area (Å²) < 4.78 is 2.08. The third kappa shape index (κ3) is 4.56. The van der Waals surface area contributed by atoms with Crippen molar-refractivity contribution >= 4 is 17.8 Å². The highest BCUT2D eigenvalue weighted by Crippen LogP contribution is 2.26. The van der Waals surface area contributed by atoms with Gasteiger partial charge in [-0.25, -0.2) is 5.43 Å². The molecule has 4 rings (SSSR count). The lowest BCUT2D eigenvalue weighted by Gasteiger charge is -2.11. The number of amides is 1. The van der Waals surface area contributed by atoms with Crippen LogP contribution in [-0.4, -0.2) is 26.7 Å². The Labute approximate surface area is 196 Å². The Morgan fingerprint density at radius 2 is 1.62 bits per heavy atom. The highest BCUT2D eigenvalue weighted by molar-refractivity contribution is 5.97. The molecule has 0 unspecified atom stereocenters. The van der Waals surface area contributed by atoms with Crippen molar-refractivity contribution in [1.29, 1.82) is 0 Å². The number of carbonyl (C=O) groups excluding carboxylic acids is 1. The van der Waals surface area contributed by atoms with E-state index >= 15 is 0 Å². The summed E-state index contributed by atoms with van der Waals surface area (Å²) in [7, 11) is 0. The van der Waals surface area contributed by atoms with E-state index in [2.05, 4.69) is 15.1 Å². The topological polar surface area (TPSA) is 110 Å². The fourth-order valence-corrected chi connectivity index (χ4v) is 3.78. The number of hydrogen-bond donors (Lipinski definition) is 2. The van der Waals surface area contributed by atoms with Crippen molar-refractivity contribution in [3.63, 3.8) is 0 Å². The van der Waals surface area contributed by atoms with Gasteiger partial charge in [-0.15, -0.1) is 0 Å². The Balaban J connectivity index is 1.52. The number of aromatic hydroxyl groups is 1. The van der Waals surface area contributed by atoms with E-state index in [0.29, 0.717) is 0 Å². The summed E-state index contributed by atoms with van der Waals surface area (Å²) >= 11 is 0. The SMILES string of the molecule is Cc1cc(/C=N\NC(=O)c2ccccc2O)c(C)n1-c1ccc(-c2ccc([N+](=O)[O-])cc2)cc1. The molecule has 8 nitrogen and oxygen atoms in total. The summed E-state index contributed by atoms with van der Waals surface area (Å²) in [6.45, 7) is 3.94. The lowest BCUT2D eigenvalue weighted by molar-refractivity contribution is -0.384. The molecule has 0 aliphatic rings. The van der Waals surface area contributed by atoms with Gasteiger partial charge >= 0.3 is 0 Å². The van der Waals surface area contributed by atoms with Crippen molar-refractivity contribution in [2.24, 2.45) is 5.10 Å². The lowest BCUT2D eigenvalue weighted by atomic mass is 10.0. The first kappa shape index (κ1) is 22.5. The number of nitrogens with zero attached hydrogens (tertiary/aromatic N) is 3. The second kappa shape index (κ2) is 9.41. The first-order valence-electron chi connectivity index (χ1n) is 10.5. The van der Waals surface area contributed by atoms with Crippen LogP contribution < -0.4 is 5.43 Å². The highest BCUT2D eigenvalue weighted by atomic mass is 16.6. The van der Waals surface area contributed by atoms with Gasteiger partial charge in [-0.05, 0) is 67.4 Å². The quantitative estimate of drug-likeness (QED) is 0.239. The molecule has 2 N–H and O–H groups in total. The molecule has 3 aromatic carbocycles. The number of nitro groups is 1. The summed E-state index contributed by atoms with van der Waals surface area (Å²) in [5.74, 6) is -0.601. The van der Waals surface area contributed by atoms with Gasteiger partial charge < -0.3 is 9.67 Å². The summed E-state index contributed by atoms with van der Waals surface area (Å²) in [5, 5.41) is 24.7. The minimum absolute atomic E-state index is 0.0601. The van der Waals surface area contributed by atoms with E-state index in [1.807, 2.05) is 44.2 Å². The average Bonchev–Trinajstić information content (AvgIpc) is 3.12. The van der Waals surface area contributed by atoms with Crippen LogP contribution in [0.2, 0.25) is 0 Å². The van der Waals surface area contributed by atoms with E-state index in [1.54, 1.807) is 30.5 Å². The summed E-state index contributed by atoms with van der Waals surface area (Å²) in [4.78, 5) is 22.7. The van der Waals surface area contributed by atoms with Crippen LogP contribution in [0.15, 0.2) is 84.0 Å². The van der Waals surface area contributed by atoms with Crippen molar-refractivity contribution in [3.05, 3.63) is 111 Å². The van der Waals surface area contributed by atoms with Crippen LogP contribution >= 0.6 is 0 Å². The molecule has 4 aromatic rings. The minimum atomic E-state index is -0.495. The molecule has 0 atom stereocenters. The van der Waals surface area contributed by atoms with E-state index in [-0.39, 0.29) is 17.0 Å². The number of nitro benzene ring substituents is 1. The molecule has 34 heavy (non-hydrogen) atoms. The molecular weight excluding hydrogens is 432 g/mol. The molecule has 1 amide bonds. The van der Waals surface area contributed by atoms with E-state index in [0.717, 1.165) is 33.8 Å². The maximum absolute atomic E-state index is 12.2. The zero-order chi connectivity index (χ0) is 24.2. The molecule has 170 valence electrons. The van der Waals surface area contributed by atoms with Gasteiger partial charge in [0.2, 0.25) is 0 Å². The van der Waals surface area contributed by atoms with Gasteiger partial charge in [0.05, 0.1) is 16.7 Å². The number of hydrazone groups is 1. The van der Waals surface area contributed by atoms with Crippen molar-refractivity contribution in [2.45, 2.75) is 13.8 Å². The molecule has 0 saturated carbocycles. The predicted molar refractivity (Wildman–Crippen MR) is 131 cm³/mol. The fraction of sp³-hybridized carbons (Fsp3) is 0.0769. The van der Waals surface area contributed by atoms with Gasteiger partial charge in [0.15, 0.2) is 0 Å². The van der Waals surface area contributed by atoms with Crippen molar-refractivity contribution < 1.29 is 14.8 Å². The number of phenolic OH excluding ortho intramolecular Hbond substituents is 1. The van der Waals surface area contributed by atoms with Crippen LogP contribution in [0.3, 0.4) is 0 Å². The zero-order valence-electron chi connectivity index (χ0n) is 18.6. The van der Waals surface area contributed by atoms with E-state index in [4.69, 9.17) is 0 Å². The minimum Gasteiger partial charge on any atom is -0.507 e. The third-order valence-electron chi connectivity index (χ3n) is 5.53. The largest absolute Gasteiger partial charge is 0.507 e. The van der Waals surface area contributed by atoms with Crippen LogP contribution in [-0.2, 0) is 0 Å². The fourth-order valence-electron chi connectivity index (χ4n) is 3.78. The standard InChI is InChI=1S/C26H22N4O4/c1-17-15-21(16-27-28-26(32)24-5-3-4-6-25(24)31)18(2)29(17)22-11-7-19(8-12-22)20-9-13-23(14-10-20)30(33)34/h3-16,31H,1-2H3,(H,28,32)/b27-16-. The van der Waals surface area contributed by atoms with E-state index < -0.39 is 10.8 Å². The van der Waals surface area contributed by atoms with Crippen LogP contribution in [0.25, 0.3) is 16.8 Å². The Morgan fingerprint density at radius 1 is 1.00 bits per heavy atom. The van der Waals surface area contributed by atoms with Crippen LogP contribution in [0, 0.1) is 24.0 Å². The number of nitrogens with one attached hydrogen (secondary N) is 1. The molecule has 1 aromatic heterocycles. The second-order valence-electron chi connectivity index (χ2n) is 7.73. The van der Waals surface area contributed by atoms with Gasteiger partial charge in [0.1, 0.15) is 5.75 Å². The first-order valence-corrected chi connectivity index (χ1v) is 10.5. The number of non-ortho nitro benzene ring substituents is 1. The molecule has 8 heteroatoms. The normalized spacial score (nSPS) is 11.0. The molecule has 0 bridgehead atoms. The highest BCUT2D eigenvalue weighted by Gasteiger charge is 2.12. The summed E-state index contributed by atoms with van der Waals surface area (Å²) in [6.07, 6.45) is 1.57. The Morgan fingerprint density at radius 3 is 2.24 bits per heavy atom. The zero-order valence-corrected chi connectivity index (χ0v) is 18.6.